The predicted molar refractivity (Wildman–Crippen MR) is 114 cm³/mol. The van der Waals surface area contributed by atoms with Crippen LogP contribution in [0.15, 0.2) is 42.5 Å². The molecule has 1 saturated heterocycles. The van der Waals surface area contributed by atoms with Crippen molar-refractivity contribution in [3.63, 3.8) is 0 Å². The first-order chi connectivity index (χ1) is 15.2. The van der Waals surface area contributed by atoms with Crippen LogP contribution < -0.4 is 10.1 Å². The molecule has 0 aromatic heterocycles. The third kappa shape index (κ3) is 5.52. The number of aryl methyl sites for hydroxylation is 1. The Kier molecular flexibility index (Phi) is 7.27. The number of halogens is 3. The fourth-order valence-electron chi connectivity index (χ4n) is 3.68. The number of benzene rings is 2. The van der Waals surface area contributed by atoms with Crippen LogP contribution in [0.5, 0.6) is 5.75 Å². The van der Waals surface area contributed by atoms with E-state index in [0.29, 0.717) is 37.5 Å². The number of carbonyl (C=O) groups is 2. The van der Waals surface area contributed by atoms with Crippen LogP contribution in [0.25, 0.3) is 0 Å². The number of alkyl halides is 3. The van der Waals surface area contributed by atoms with E-state index in [1.165, 1.54) is 12.1 Å². The van der Waals surface area contributed by atoms with Crippen molar-refractivity contribution in [2.45, 2.75) is 19.5 Å². The van der Waals surface area contributed by atoms with Crippen LogP contribution in [0.2, 0.25) is 0 Å². The molecular formula is C23H26F3N3O3. The van der Waals surface area contributed by atoms with Crippen LogP contribution in [-0.4, -0.2) is 61.6 Å². The lowest BCUT2D eigenvalue weighted by molar-refractivity contribution is -0.138. The maximum Gasteiger partial charge on any atom is 0.416 e. The number of nitrogens with one attached hydrogen (secondary N) is 1. The van der Waals surface area contributed by atoms with E-state index in [9.17, 15) is 22.8 Å². The Morgan fingerprint density at radius 2 is 1.69 bits per heavy atom. The largest absolute Gasteiger partial charge is 0.496 e. The molecule has 1 aliphatic rings. The Balaban J connectivity index is 1.49. The Labute approximate surface area is 184 Å². The number of piperazine rings is 1. The summed E-state index contributed by atoms with van der Waals surface area (Å²) in [5, 5.41) is 2.68. The highest BCUT2D eigenvalue weighted by Gasteiger charge is 2.32. The van der Waals surface area contributed by atoms with Crippen molar-refractivity contribution < 1.29 is 27.5 Å². The van der Waals surface area contributed by atoms with Gasteiger partial charge in [-0.2, -0.15) is 13.2 Å². The fraction of sp³-hybridized carbons (Fsp3) is 0.391. The SMILES string of the molecule is COc1cc(C(=O)N2CCN(C(=O)NCCc3ccccc3C(F)(F)F)CC2)ccc1C. The Bertz CT molecular complexity index is 970. The van der Waals surface area contributed by atoms with E-state index < -0.39 is 11.7 Å². The summed E-state index contributed by atoms with van der Waals surface area (Å²) in [7, 11) is 1.55. The summed E-state index contributed by atoms with van der Waals surface area (Å²) in [6.07, 6.45) is -4.35. The maximum atomic E-state index is 13.1. The number of rotatable bonds is 5. The zero-order valence-electron chi connectivity index (χ0n) is 18.0. The summed E-state index contributed by atoms with van der Waals surface area (Å²) in [5.74, 6) is 0.507. The van der Waals surface area contributed by atoms with Gasteiger partial charge in [-0.3, -0.25) is 4.79 Å². The van der Waals surface area contributed by atoms with Gasteiger partial charge in [0.05, 0.1) is 12.7 Å². The highest BCUT2D eigenvalue weighted by atomic mass is 19.4. The Hall–Kier alpha value is -3.23. The molecular weight excluding hydrogens is 423 g/mol. The molecule has 0 unspecified atom stereocenters. The van der Waals surface area contributed by atoms with E-state index in [2.05, 4.69) is 5.32 Å². The molecule has 32 heavy (non-hydrogen) atoms. The number of urea groups is 1. The van der Waals surface area contributed by atoms with E-state index in [4.69, 9.17) is 4.74 Å². The Morgan fingerprint density at radius 1 is 1.03 bits per heavy atom. The van der Waals surface area contributed by atoms with Crippen molar-refractivity contribution in [2.75, 3.05) is 39.8 Å². The number of amides is 3. The highest BCUT2D eigenvalue weighted by Crippen LogP contribution is 2.31. The van der Waals surface area contributed by atoms with Gasteiger partial charge in [0.1, 0.15) is 5.75 Å². The molecule has 0 radical (unpaired) electrons. The van der Waals surface area contributed by atoms with Gasteiger partial charge >= 0.3 is 12.2 Å². The van der Waals surface area contributed by atoms with Crippen molar-refractivity contribution in [3.8, 4) is 5.75 Å². The van der Waals surface area contributed by atoms with Crippen LogP contribution in [-0.2, 0) is 12.6 Å². The van der Waals surface area contributed by atoms with Crippen molar-refractivity contribution >= 4 is 11.9 Å². The van der Waals surface area contributed by atoms with Gasteiger partial charge in [-0.05, 0) is 42.7 Å². The number of nitrogens with zero attached hydrogens (tertiary/aromatic N) is 2. The average Bonchev–Trinajstić information content (AvgIpc) is 2.78. The zero-order valence-corrected chi connectivity index (χ0v) is 18.0. The molecule has 0 aliphatic carbocycles. The second-order valence-electron chi connectivity index (χ2n) is 7.60. The first-order valence-electron chi connectivity index (χ1n) is 10.3. The number of carbonyl (C=O) groups excluding carboxylic acids is 2. The standard InChI is InChI=1S/C23H26F3N3O3/c1-16-7-8-18(15-20(16)32-2)21(30)28-11-13-29(14-12-28)22(31)27-10-9-17-5-3-4-6-19(17)23(24,25)26/h3-8,15H,9-14H2,1-2H3,(H,27,31). The van der Waals surface area contributed by atoms with E-state index in [1.807, 2.05) is 13.0 Å². The molecule has 1 aliphatic heterocycles. The normalized spacial score (nSPS) is 14.3. The molecule has 3 rings (SSSR count). The maximum absolute atomic E-state index is 13.1. The molecule has 172 valence electrons. The number of hydrogen-bond acceptors (Lipinski definition) is 3. The van der Waals surface area contributed by atoms with Gasteiger partial charge in [-0.1, -0.05) is 24.3 Å². The summed E-state index contributed by atoms with van der Waals surface area (Å²) >= 11 is 0. The number of ether oxygens (including phenoxy) is 1. The second-order valence-corrected chi connectivity index (χ2v) is 7.60. The first-order valence-corrected chi connectivity index (χ1v) is 10.3. The summed E-state index contributed by atoms with van der Waals surface area (Å²) in [6, 6.07) is 10.3. The third-order valence-corrected chi connectivity index (χ3v) is 5.50. The van der Waals surface area contributed by atoms with Crippen LogP contribution in [0.1, 0.15) is 27.0 Å². The molecule has 0 spiro atoms. The molecule has 2 aromatic rings. The van der Waals surface area contributed by atoms with E-state index >= 15 is 0 Å². The van der Waals surface area contributed by atoms with Crippen LogP contribution in [0.3, 0.4) is 0 Å². The van der Waals surface area contributed by atoms with Gasteiger partial charge in [0.2, 0.25) is 0 Å². The van der Waals surface area contributed by atoms with E-state index in [1.54, 1.807) is 35.1 Å². The lowest BCUT2D eigenvalue weighted by Crippen LogP contribution is -2.53. The second kappa shape index (κ2) is 9.93. The van der Waals surface area contributed by atoms with Gasteiger partial charge < -0.3 is 19.9 Å². The smallest absolute Gasteiger partial charge is 0.416 e. The molecule has 0 bridgehead atoms. The number of hydrogen-bond donors (Lipinski definition) is 1. The van der Waals surface area contributed by atoms with Gasteiger partial charge in [-0.25, -0.2) is 4.79 Å². The fourth-order valence-corrected chi connectivity index (χ4v) is 3.68. The van der Waals surface area contributed by atoms with Crippen molar-refractivity contribution in [1.82, 2.24) is 15.1 Å². The molecule has 1 fully saturated rings. The molecule has 0 saturated carbocycles. The molecule has 1 heterocycles. The van der Waals surface area contributed by atoms with E-state index in [-0.39, 0.29) is 30.5 Å². The molecule has 6 nitrogen and oxygen atoms in total. The predicted octanol–water partition coefficient (Wildman–Crippen LogP) is 3.73. The van der Waals surface area contributed by atoms with Gasteiger partial charge in [0, 0.05) is 38.3 Å². The third-order valence-electron chi connectivity index (χ3n) is 5.50. The summed E-state index contributed by atoms with van der Waals surface area (Å²) in [4.78, 5) is 28.4. The van der Waals surface area contributed by atoms with Gasteiger partial charge in [-0.15, -0.1) is 0 Å². The molecule has 1 N–H and O–H groups in total. The van der Waals surface area contributed by atoms with Crippen LogP contribution in [0.4, 0.5) is 18.0 Å². The minimum absolute atomic E-state index is 0.0785. The number of methoxy groups -OCH3 is 1. The monoisotopic (exact) mass is 449 g/mol. The Morgan fingerprint density at radius 3 is 2.34 bits per heavy atom. The minimum Gasteiger partial charge on any atom is -0.496 e. The van der Waals surface area contributed by atoms with Crippen molar-refractivity contribution in [2.24, 2.45) is 0 Å². The molecule has 9 heteroatoms. The topological polar surface area (TPSA) is 61.9 Å². The van der Waals surface area contributed by atoms with Crippen LogP contribution in [0, 0.1) is 6.92 Å². The van der Waals surface area contributed by atoms with E-state index in [0.717, 1.165) is 11.6 Å². The summed E-state index contributed by atoms with van der Waals surface area (Å²) in [6.45, 7) is 3.43. The quantitative estimate of drug-likeness (QED) is 0.757. The lowest BCUT2D eigenvalue weighted by Gasteiger charge is -2.34. The average molecular weight is 449 g/mol. The molecule has 0 atom stereocenters. The lowest BCUT2D eigenvalue weighted by atomic mass is 10.0. The summed E-state index contributed by atoms with van der Waals surface area (Å²) in [5.41, 5.74) is 0.912. The first kappa shape index (κ1) is 23.4. The minimum atomic E-state index is -4.43. The molecule has 2 aromatic carbocycles. The van der Waals surface area contributed by atoms with Gasteiger partial charge in [0.15, 0.2) is 0 Å². The van der Waals surface area contributed by atoms with Gasteiger partial charge in [0.25, 0.3) is 5.91 Å². The zero-order chi connectivity index (χ0) is 23.3. The van der Waals surface area contributed by atoms with Crippen molar-refractivity contribution in [1.29, 1.82) is 0 Å². The summed E-state index contributed by atoms with van der Waals surface area (Å²) < 4.78 is 44.5. The van der Waals surface area contributed by atoms with Crippen molar-refractivity contribution in [3.05, 3.63) is 64.7 Å². The van der Waals surface area contributed by atoms with Crippen LogP contribution >= 0.6 is 0 Å². The molecule has 3 amide bonds. The highest BCUT2D eigenvalue weighted by molar-refractivity contribution is 5.95.